The van der Waals surface area contributed by atoms with Gasteiger partial charge in [-0.15, -0.1) is 5.10 Å². The number of nitrogens with one attached hydrogen (secondary N) is 1. The standard InChI is InChI=1S/C23H17FN6O3/c1-12-21-16(14-4-7-18-19(8-14)33-11-32-18)9-20(31)27-22(21)30(29-12)23-26-17(10-25-28-23)13-2-5-15(24)6-3-13/h2-8,10,16H,9,11H2,1H3,(H,27,31)/t16-/m0/s1. The van der Waals surface area contributed by atoms with E-state index in [0.717, 1.165) is 16.8 Å². The minimum atomic E-state index is -0.338. The Balaban J connectivity index is 1.44. The highest BCUT2D eigenvalue weighted by molar-refractivity contribution is 5.95. The molecule has 0 aliphatic carbocycles. The van der Waals surface area contributed by atoms with Crippen molar-refractivity contribution in [1.29, 1.82) is 0 Å². The summed E-state index contributed by atoms with van der Waals surface area (Å²) in [6.07, 6.45) is 1.77. The summed E-state index contributed by atoms with van der Waals surface area (Å²) in [5.74, 6) is 1.35. The van der Waals surface area contributed by atoms with Gasteiger partial charge in [0, 0.05) is 23.5 Å². The van der Waals surface area contributed by atoms with E-state index in [2.05, 4.69) is 25.6 Å². The highest BCUT2D eigenvalue weighted by Crippen LogP contribution is 2.43. The van der Waals surface area contributed by atoms with Gasteiger partial charge in [-0.2, -0.15) is 14.9 Å². The van der Waals surface area contributed by atoms with Crippen LogP contribution in [0.2, 0.25) is 0 Å². The Hall–Kier alpha value is -4.34. The molecule has 0 radical (unpaired) electrons. The van der Waals surface area contributed by atoms with Gasteiger partial charge in [-0.3, -0.25) is 4.79 Å². The van der Waals surface area contributed by atoms with E-state index in [4.69, 9.17) is 9.47 Å². The van der Waals surface area contributed by atoms with E-state index in [9.17, 15) is 9.18 Å². The van der Waals surface area contributed by atoms with Crippen LogP contribution in [0.1, 0.15) is 29.2 Å². The van der Waals surface area contributed by atoms with Gasteiger partial charge in [0.15, 0.2) is 11.5 Å². The molecule has 0 spiro atoms. The minimum Gasteiger partial charge on any atom is -0.454 e. The molecule has 6 rings (SSSR count). The third-order valence-corrected chi connectivity index (χ3v) is 5.78. The molecular formula is C23H17FN6O3. The number of nitrogens with zero attached hydrogens (tertiary/aromatic N) is 5. The lowest BCUT2D eigenvalue weighted by molar-refractivity contribution is -0.116. The number of fused-ring (bicyclic) bond motifs is 2. The third-order valence-electron chi connectivity index (χ3n) is 5.78. The zero-order valence-electron chi connectivity index (χ0n) is 17.4. The number of benzene rings is 2. The Morgan fingerprint density at radius 3 is 2.79 bits per heavy atom. The van der Waals surface area contributed by atoms with Crippen LogP contribution >= 0.6 is 0 Å². The van der Waals surface area contributed by atoms with Gasteiger partial charge >= 0.3 is 0 Å². The van der Waals surface area contributed by atoms with Crippen LogP contribution in [0.15, 0.2) is 48.7 Å². The molecule has 2 aliphatic rings. The van der Waals surface area contributed by atoms with E-state index in [1.165, 1.54) is 23.0 Å². The second kappa shape index (κ2) is 7.37. The first-order valence-electron chi connectivity index (χ1n) is 10.3. The topological polar surface area (TPSA) is 104 Å². The van der Waals surface area contributed by atoms with Gasteiger partial charge in [-0.05, 0) is 48.9 Å². The van der Waals surface area contributed by atoms with Crippen molar-refractivity contribution in [3.63, 3.8) is 0 Å². The molecule has 0 bridgehead atoms. The number of hydrogen-bond acceptors (Lipinski definition) is 7. The molecule has 0 unspecified atom stereocenters. The van der Waals surface area contributed by atoms with E-state index >= 15 is 0 Å². The van der Waals surface area contributed by atoms with Crippen molar-refractivity contribution in [2.24, 2.45) is 0 Å². The molecule has 1 N–H and O–H groups in total. The van der Waals surface area contributed by atoms with Gasteiger partial charge in [-0.25, -0.2) is 9.37 Å². The van der Waals surface area contributed by atoms with Crippen molar-refractivity contribution in [1.82, 2.24) is 25.0 Å². The van der Waals surface area contributed by atoms with Gasteiger partial charge in [-0.1, -0.05) is 6.07 Å². The predicted octanol–water partition coefficient (Wildman–Crippen LogP) is 3.37. The summed E-state index contributed by atoms with van der Waals surface area (Å²) in [5, 5.41) is 15.7. The van der Waals surface area contributed by atoms with E-state index in [0.29, 0.717) is 28.6 Å². The maximum atomic E-state index is 13.3. The summed E-state index contributed by atoms with van der Waals surface area (Å²) >= 11 is 0. The van der Waals surface area contributed by atoms with Crippen LogP contribution < -0.4 is 14.8 Å². The number of hydrogen-bond donors (Lipinski definition) is 1. The first-order valence-corrected chi connectivity index (χ1v) is 10.3. The van der Waals surface area contributed by atoms with Gasteiger partial charge in [0.25, 0.3) is 5.95 Å². The lowest BCUT2D eigenvalue weighted by Crippen LogP contribution is -2.25. The maximum absolute atomic E-state index is 13.3. The van der Waals surface area contributed by atoms with Crippen LogP contribution in [0.4, 0.5) is 10.2 Å². The summed E-state index contributed by atoms with van der Waals surface area (Å²) in [6.45, 7) is 2.06. The SMILES string of the molecule is Cc1nn(-c2nncc(-c3ccc(F)cc3)n2)c2c1[C@H](c1ccc3c(c1)OCO3)CC(=O)N2. The second-order valence-electron chi connectivity index (χ2n) is 7.83. The number of ether oxygens (including phenoxy) is 2. The summed E-state index contributed by atoms with van der Waals surface area (Å²) in [4.78, 5) is 17.2. The quantitative estimate of drug-likeness (QED) is 0.517. The predicted molar refractivity (Wildman–Crippen MR) is 115 cm³/mol. The number of amides is 1. The summed E-state index contributed by atoms with van der Waals surface area (Å²) in [5.41, 5.74) is 3.74. The van der Waals surface area contributed by atoms with Gasteiger partial charge in [0.2, 0.25) is 12.7 Å². The number of aromatic nitrogens is 5. The van der Waals surface area contributed by atoms with E-state index in [-0.39, 0.29) is 36.8 Å². The fourth-order valence-corrected chi connectivity index (χ4v) is 4.25. The van der Waals surface area contributed by atoms with E-state index < -0.39 is 0 Å². The molecule has 0 fully saturated rings. The fraction of sp³-hybridized carbons (Fsp3) is 0.174. The molecule has 10 heteroatoms. The second-order valence-corrected chi connectivity index (χ2v) is 7.83. The maximum Gasteiger partial charge on any atom is 0.272 e. The van der Waals surface area contributed by atoms with Crippen molar-refractivity contribution in [3.8, 4) is 28.7 Å². The number of anilines is 1. The number of carbonyl (C=O) groups is 1. The highest BCUT2D eigenvalue weighted by Gasteiger charge is 2.34. The van der Waals surface area contributed by atoms with Crippen molar-refractivity contribution in [2.75, 3.05) is 12.1 Å². The Kier molecular flexibility index (Phi) is 4.32. The van der Waals surface area contributed by atoms with Crippen molar-refractivity contribution >= 4 is 11.7 Å². The van der Waals surface area contributed by atoms with Crippen LogP contribution in [0, 0.1) is 12.7 Å². The lowest BCUT2D eigenvalue weighted by Gasteiger charge is -2.24. The molecular weight excluding hydrogens is 427 g/mol. The average molecular weight is 444 g/mol. The molecule has 2 aliphatic heterocycles. The molecule has 9 nitrogen and oxygen atoms in total. The molecule has 4 heterocycles. The molecule has 1 atom stereocenters. The highest BCUT2D eigenvalue weighted by atomic mass is 19.1. The van der Waals surface area contributed by atoms with Crippen LogP contribution in [0.25, 0.3) is 17.2 Å². The monoisotopic (exact) mass is 444 g/mol. The van der Waals surface area contributed by atoms with Crippen LogP contribution in [0.5, 0.6) is 11.5 Å². The van der Waals surface area contributed by atoms with Crippen molar-refractivity contribution in [3.05, 3.63) is 71.3 Å². The first kappa shape index (κ1) is 19.4. The molecule has 33 heavy (non-hydrogen) atoms. The summed E-state index contributed by atoms with van der Waals surface area (Å²) in [7, 11) is 0. The van der Waals surface area contributed by atoms with Gasteiger partial charge in [0.1, 0.15) is 11.6 Å². The van der Waals surface area contributed by atoms with Crippen molar-refractivity contribution in [2.45, 2.75) is 19.3 Å². The molecule has 1 amide bonds. The number of carbonyl (C=O) groups excluding carboxylic acids is 1. The van der Waals surface area contributed by atoms with E-state index in [1.54, 1.807) is 12.1 Å². The Morgan fingerprint density at radius 1 is 1.12 bits per heavy atom. The molecule has 164 valence electrons. The summed E-state index contributed by atoms with van der Waals surface area (Å²) in [6, 6.07) is 11.6. The molecule has 2 aromatic carbocycles. The fourth-order valence-electron chi connectivity index (χ4n) is 4.25. The largest absolute Gasteiger partial charge is 0.454 e. The lowest BCUT2D eigenvalue weighted by atomic mass is 9.85. The minimum absolute atomic E-state index is 0.144. The number of rotatable bonds is 3. The number of halogens is 1. The molecule has 4 aromatic rings. The van der Waals surface area contributed by atoms with Crippen molar-refractivity contribution < 1.29 is 18.7 Å². The Labute approximate surface area is 187 Å². The third kappa shape index (κ3) is 3.27. The van der Waals surface area contributed by atoms with Gasteiger partial charge in [0.05, 0.1) is 17.6 Å². The normalized spacial score (nSPS) is 16.4. The summed E-state index contributed by atoms with van der Waals surface area (Å²) < 4.78 is 25.7. The van der Waals surface area contributed by atoms with Crippen LogP contribution in [-0.2, 0) is 4.79 Å². The van der Waals surface area contributed by atoms with E-state index in [1.807, 2.05) is 25.1 Å². The number of aryl methyl sites for hydroxylation is 1. The molecule has 0 saturated carbocycles. The average Bonchev–Trinajstić information content (AvgIpc) is 3.43. The van der Waals surface area contributed by atoms with Crippen LogP contribution in [0.3, 0.4) is 0 Å². The zero-order chi connectivity index (χ0) is 22.5. The Bertz CT molecular complexity index is 1400. The molecule has 2 aromatic heterocycles. The zero-order valence-corrected chi connectivity index (χ0v) is 17.4. The van der Waals surface area contributed by atoms with Gasteiger partial charge < -0.3 is 14.8 Å². The Morgan fingerprint density at radius 2 is 1.94 bits per heavy atom. The smallest absolute Gasteiger partial charge is 0.272 e. The van der Waals surface area contributed by atoms with Crippen LogP contribution in [-0.4, -0.2) is 37.7 Å². The first-order chi connectivity index (χ1) is 16.1. The molecule has 0 saturated heterocycles.